The summed E-state index contributed by atoms with van der Waals surface area (Å²) in [6.45, 7) is 4.49. The van der Waals surface area contributed by atoms with Gasteiger partial charge in [-0.15, -0.1) is 0 Å². The first-order valence-electron chi connectivity index (χ1n) is 14.1. The van der Waals surface area contributed by atoms with Gasteiger partial charge in [0.15, 0.2) is 0 Å². The lowest BCUT2D eigenvalue weighted by atomic mass is 10.1. The maximum absolute atomic E-state index is 13.7. The molecule has 3 rings (SSSR count). The number of rotatable bonds is 15. The molecule has 0 aromatic heterocycles. The lowest BCUT2D eigenvalue weighted by Crippen LogP contribution is -2.51. The van der Waals surface area contributed by atoms with Crippen molar-refractivity contribution in [2.45, 2.75) is 77.4 Å². The number of para-hydroxylation sites is 2. The number of anilines is 1. The fourth-order valence-electron chi connectivity index (χ4n) is 5.18. The van der Waals surface area contributed by atoms with Crippen LogP contribution in [0.25, 0.3) is 0 Å². The van der Waals surface area contributed by atoms with Crippen LogP contribution in [0, 0.1) is 0 Å². The van der Waals surface area contributed by atoms with Crippen molar-refractivity contribution in [3.8, 4) is 11.5 Å². The first kappa shape index (κ1) is 31.3. The molecular formula is C30H43N3O6S. The van der Waals surface area contributed by atoms with Gasteiger partial charge in [-0.1, -0.05) is 44.0 Å². The second kappa shape index (κ2) is 14.9. The third-order valence-corrected chi connectivity index (χ3v) is 8.34. The second-order valence-corrected chi connectivity index (χ2v) is 12.0. The van der Waals surface area contributed by atoms with Gasteiger partial charge in [0.1, 0.15) is 17.5 Å². The summed E-state index contributed by atoms with van der Waals surface area (Å²) in [5, 5.41) is 3.15. The molecule has 1 aliphatic rings. The Labute approximate surface area is 238 Å². The normalized spacial score (nSPS) is 14.4. The van der Waals surface area contributed by atoms with Crippen molar-refractivity contribution in [3.63, 3.8) is 0 Å². The molecule has 1 N–H and O–H groups in total. The Hall–Kier alpha value is -3.27. The zero-order chi connectivity index (χ0) is 29.1. The molecule has 9 nitrogen and oxygen atoms in total. The van der Waals surface area contributed by atoms with Crippen LogP contribution in [0.15, 0.2) is 48.5 Å². The van der Waals surface area contributed by atoms with Crippen LogP contribution >= 0.6 is 0 Å². The molecule has 0 bridgehead atoms. The maximum Gasteiger partial charge on any atom is 0.243 e. The number of sulfonamides is 1. The molecule has 0 aliphatic heterocycles. The van der Waals surface area contributed by atoms with Gasteiger partial charge in [-0.25, -0.2) is 8.42 Å². The Kier molecular flexibility index (Phi) is 11.7. The van der Waals surface area contributed by atoms with Crippen molar-refractivity contribution in [2.24, 2.45) is 0 Å². The number of nitrogens with zero attached hydrogens (tertiary/aromatic N) is 2. The lowest BCUT2D eigenvalue weighted by molar-refractivity contribution is -0.141. The van der Waals surface area contributed by atoms with E-state index in [1.165, 1.54) is 4.31 Å². The van der Waals surface area contributed by atoms with Crippen LogP contribution in [0.5, 0.6) is 11.5 Å². The summed E-state index contributed by atoms with van der Waals surface area (Å²) in [6, 6.07) is 13.9. The minimum absolute atomic E-state index is 0.0833. The summed E-state index contributed by atoms with van der Waals surface area (Å²) in [5.41, 5.74) is 1.29. The predicted octanol–water partition coefficient (Wildman–Crippen LogP) is 4.51. The highest BCUT2D eigenvalue weighted by Crippen LogP contribution is 2.30. The molecular weight excluding hydrogens is 530 g/mol. The smallest absolute Gasteiger partial charge is 0.243 e. The number of amides is 2. The second-order valence-electron chi connectivity index (χ2n) is 10.1. The molecule has 220 valence electrons. The topological polar surface area (TPSA) is 105 Å². The minimum Gasteiger partial charge on any atom is -0.497 e. The Morgan fingerprint density at radius 1 is 1.07 bits per heavy atom. The van der Waals surface area contributed by atoms with Gasteiger partial charge in [0.25, 0.3) is 0 Å². The van der Waals surface area contributed by atoms with Crippen LogP contribution in [0.2, 0.25) is 0 Å². The van der Waals surface area contributed by atoms with E-state index in [-0.39, 0.29) is 43.8 Å². The molecule has 1 unspecified atom stereocenters. The molecule has 10 heteroatoms. The first-order valence-corrected chi connectivity index (χ1v) is 15.9. The van der Waals surface area contributed by atoms with Crippen LogP contribution < -0.4 is 19.1 Å². The number of methoxy groups -OCH3 is 1. The van der Waals surface area contributed by atoms with Crippen molar-refractivity contribution < 1.29 is 27.5 Å². The molecule has 2 aromatic carbocycles. The third kappa shape index (κ3) is 8.61. The summed E-state index contributed by atoms with van der Waals surface area (Å²) < 4.78 is 37.7. The molecule has 0 spiro atoms. The van der Waals surface area contributed by atoms with Gasteiger partial charge in [-0.3, -0.25) is 13.9 Å². The highest BCUT2D eigenvalue weighted by Gasteiger charge is 2.31. The molecule has 0 saturated heterocycles. The van der Waals surface area contributed by atoms with Crippen molar-refractivity contribution in [2.75, 3.05) is 30.8 Å². The van der Waals surface area contributed by atoms with Gasteiger partial charge >= 0.3 is 0 Å². The fraction of sp³-hybridized carbons (Fsp3) is 0.533. The van der Waals surface area contributed by atoms with E-state index in [4.69, 9.17) is 9.47 Å². The van der Waals surface area contributed by atoms with Gasteiger partial charge in [-0.05, 0) is 62.4 Å². The number of carbonyl (C=O) groups excluding carboxylic acids is 2. The van der Waals surface area contributed by atoms with Crippen LogP contribution in [0.1, 0.15) is 64.4 Å². The summed E-state index contributed by atoms with van der Waals surface area (Å²) in [6.07, 6.45) is 6.07. The molecule has 40 heavy (non-hydrogen) atoms. The van der Waals surface area contributed by atoms with Gasteiger partial charge in [0.2, 0.25) is 21.8 Å². The van der Waals surface area contributed by atoms with Gasteiger partial charge < -0.3 is 19.7 Å². The number of carbonyl (C=O) groups is 2. The molecule has 1 atom stereocenters. The van der Waals surface area contributed by atoms with Crippen LogP contribution in [0.3, 0.4) is 0 Å². The van der Waals surface area contributed by atoms with Gasteiger partial charge in [0, 0.05) is 25.6 Å². The van der Waals surface area contributed by atoms with E-state index in [0.29, 0.717) is 30.2 Å². The van der Waals surface area contributed by atoms with E-state index in [1.807, 2.05) is 38.1 Å². The fourth-order valence-corrected chi connectivity index (χ4v) is 6.15. The van der Waals surface area contributed by atoms with E-state index >= 15 is 0 Å². The van der Waals surface area contributed by atoms with Gasteiger partial charge in [-0.2, -0.15) is 0 Å². The largest absolute Gasteiger partial charge is 0.497 e. The highest BCUT2D eigenvalue weighted by molar-refractivity contribution is 7.92. The van der Waals surface area contributed by atoms with Crippen molar-refractivity contribution >= 4 is 27.5 Å². The average molecular weight is 574 g/mol. The molecule has 1 aliphatic carbocycles. The number of ether oxygens (including phenoxy) is 2. The molecule has 2 aromatic rings. The zero-order valence-corrected chi connectivity index (χ0v) is 24.9. The molecule has 1 saturated carbocycles. The molecule has 0 heterocycles. The van der Waals surface area contributed by atoms with E-state index in [0.717, 1.165) is 37.5 Å². The lowest BCUT2D eigenvalue weighted by Gasteiger charge is -2.32. The van der Waals surface area contributed by atoms with E-state index < -0.39 is 16.1 Å². The van der Waals surface area contributed by atoms with Crippen molar-refractivity contribution in [3.05, 3.63) is 54.1 Å². The molecule has 2 amide bonds. The Morgan fingerprint density at radius 2 is 1.80 bits per heavy atom. The van der Waals surface area contributed by atoms with Crippen molar-refractivity contribution in [1.82, 2.24) is 10.2 Å². The maximum atomic E-state index is 13.7. The SMILES string of the molecule is CCOc1ccccc1N(CCCC(=O)N(Cc1cccc(OC)c1)C(CC)C(=O)NC1CCCC1)S(C)(=O)=O. The predicted molar refractivity (Wildman–Crippen MR) is 157 cm³/mol. The average Bonchev–Trinajstić information content (AvgIpc) is 3.44. The Morgan fingerprint density at radius 3 is 2.45 bits per heavy atom. The van der Waals surface area contributed by atoms with E-state index in [9.17, 15) is 18.0 Å². The first-order chi connectivity index (χ1) is 19.2. The number of benzene rings is 2. The Bertz CT molecular complexity index is 1230. The van der Waals surface area contributed by atoms with Gasteiger partial charge in [0.05, 0.1) is 25.7 Å². The van der Waals surface area contributed by atoms with Crippen LogP contribution in [0.4, 0.5) is 5.69 Å². The molecule has 0 radical (unpaired) electrons. The standard InChI is InChI=1S/C30H43N3O6S/c1-5-26(30(35)31-24-14-7-8-15-24)32(22-23-13-11-16-25(21-23)38-3)29(34)19-12-20-33(40(4,36)37)27-17-9-10-18-28(27)39-6-2/h9-11,13,16-18,21,24,26H,5-8,12,14-15,19-20,22H2,1-4H3,(H,31,35). The quantitative estimate of drug-likeness (QED) is 0.336. The highest BCUT2D eigenvalue weighted by atomic mass is 32.2. The van der Waals surface area contributed by atoms with Crippen LogP contribution in [-0.4, -0.2) is 63.7 Å². The summed E-state index contributed by atoms with van der Waals surface area (Å²) in [5.74, 6) is 0.790. The Balaban J connectivity index is 1.79. The van der Waals surface area contributed by atoms with E-state index in [2.05, 4.69) is 5.32 Å². The molecule has 1 fully saturated rings. The third-order valence-electron chi connectivity index (χ3n) is 7.16. The zero-order valence-electron chi connectivity index (χ0n) is 24.1. The monoisotopic (exact) mass is 573 g/mol. The number of nitrogens with one attached hydrogen (secondary N) is 1. The number of hydrogen-bond donors (Lipinski definition) is 1. The summed E-state index contributed by atoms with van der Waals surface area (Å²) >= 11 is 0. The van der Waals surface area contributed by atoms with E-state index in [1.54, 1.807) is 36.3 Å². The van der Waals surface area contributed by atoms with Crippen molar-refractivity contribution in [1.29, 1.82) is 0 Å². The minimum atomic E-state index is -3.63. The summed E-state index contributed by atoms with van der Waals surface area (Å²) in [7, 11) is -2.04. The number of hydrogen-bond acceptors (Lipinski definition) is 6. The van der Waals surface area contributed by atoms with Crippen LogP contribution in [-0.2, 0) is 26.2 Å². The summed E-state index contributed by atoms with van der Waals surface area (Å²) in [4.78, 5) is 28.7.